The highest BCUT2D eigenvalue weighted by Gasteiger charge is 2.46. The third-order valence-corrected chi connectivity index (χ3v) is 6.43. The van der Waals surface area contributed by atoms with E-state index in [-0.39, 0.29) is 12.0 Å². The van der Waals surface area contributed by atoms with Crippen LogP contribution in [-0.2, 0) is 16.9 Å². The van der Waals surface area contributed by atoms with Gasteiger partial charge in [0.15, 0.2) is 0 Å². The van der Waals surface area contributed by atoms with Gasteiger partial charge in [0.05, 0.1) is 18.7 Å². The van der Waals surface area contributed by atoms with Gasteiger partial charge in [0.1, 0.15) is 5.60 Å². The average Bonchev–Trinajstić information content (AvgIpc) is 3.30. The second kappa shape index (κ2) is 8.66. The number of aliphatic hydroxyl groups is 1. The number of carbonyl (C=O) groups is 1. The number of carbonyl (C=O) groups excluding carboxylic acids is 1. The van der Waals surface area contributed by atoms with E-state index >= 15 is 0 Å². The first kappa shape index (κ1) is 20.1. The molecule has 2 aromatic rings. The van der Waals surface area contributed by atoms with E-state index in [1.54, 1.807) is 0 Å². The van der Waals surface area contributed by atoms with Gasteiger partial charge in [-0.15, -0.1) is 0 Å². The lowest BCUT2D eigenvalue weighted by atomic mass is 9.79. The molecule has 154 valence electrons. The van der Waals surface area contributed by atoms with Crippen LogP contribution in [0, 0.1) is 0 Å². The fraction of sp³-hybridized carbons (Fsp3) is 0.458. The van der Waals surface area contributed by atoms with Crippen molar-refractivity contribution in [3.05, 3.63) is 71.3 Å². The van der Waals surface area contributed by atoms with Crippen molar-refractivity contribution in [3.63, 3.8) is 0 Å². The highest BCUT2D eigenvalue weighted by Crippen LogP contribution is 2.37. The van der Waals surface area contributed by atoms with Gasteiger partial charge in [-0.1, -0.05) is 42.5 Å². The van der Waals surface area contributed by atoms with Crippen molar-refractivity contribution in [1.82, 2.24) is 9.80 Å². The molecule has 4 rings (SSSR count). The smallest absolute Gasteiger partial charge is 0.337 e. The molecule has 0 aliphatic carbocycles. The van der Waals surface area contributed by atoms with Crippen molar-refractivity contribution in [3.8, 4) is 0 Å². The van der Waals surface area contributed by atoms with Crippen LogP contribution in [0.2, 0.25) is 0 Å². The van der Waals surface area contributed by atoms with Crippen LogP contribution in [0.1, 0.15) is 40.7 Å². The van der Waals surface area contributed by atoms with Gasteiger partial charge in [0.2, 0.25) is 0 Å². The zero-order valence-corrected chi connectivity index (χ0v) is 17.1. The van der Waals surface area contributed by atoms with Crippen LogP contribution in [0.3, 0.4) is 0 Å². The minimum absolute atomic E-state index is 0.0930. The number of methoxy groups -OCH3 is 1. The summed E-state index contributed by atoms with van der Waals surface area (Å²) in [6, 6.07) is 17.9. The summed E-state index contributed by atoms with van der Waals surface area (Å²) >= 11 is 0. The molecule has 2 aliphatic rings. The number of rotatable bonds is 5. The topological polar surface area (TPSA) is 53.0 Å². The lowest BCUT2D eigenvalue weighted by Gasteiger charge is -2.48. The number of benzene rings is 2. The molecule has 5 nitrogen and oxygen atoms in total. The zero-order valence-electron chi connectivity index (χ0n) is 17.1. The van der Waals surface area contributed by atoms with E-state index in [0.29, 0.717) is 5.56 Å². The zero-order chi connectivity index (χ0) is 20.3. The molecule has 0 amide bonds. The van der Waals surface area contributed by atoms with E-state index in [4.69, 9.17) is 4.74 Å². The molecule has 0 aromatic heterocycles. The second-order valence-electron chi connectivity index (χ2n) is 8.22. The van der Waals surface area contributed by atoms with Gasteiger partial charge in [0, 0.05) is 19.6 Å². The van der Waals surface area contributed by atoms with Crippen molar-refractivity contribution < 1.29 is 14.6 Å². The van der Waals surface area contributed by atoms with Crippen LogP contribution >= 0.6 is 0 Å². The van der Waals surface area contributed by atoms with Crippen LogP contribution in [0.4, 0.5) is 0 Å². The first-order chi connectivity index (χ1) is 14.1. The molecule has 2 atom stereocenters. The summed E-state index contributed by atoms with van der Waals surface area (Å²) in [5, 5.41) is 11.8. The van der Waals surface area contributed by atoms with Crippen molar-refractivity contribution in [1.29, 1.82) is 0 Å². The van der Waals surface area contributed by atoms with Gasteiger partial charge >= 0.3 is 5.97 Å². The fourth-order valence-corrected chi connectivity index (χ4v) is 4.78. The third kappa shape index (κ3) is 4.22. The van der Waals surface area contributed by atoms with Gasteiger partial charge in [-0.3, -0.25) is 9.80 Å². The standard InChI is InChI=1S/C24H30N2O3/c1-29-23(27)20-11-9-19(10-12-20)17-25-16-13-24(28,21-7-3-2-4-8-21)22(18-25)26-14-5-6-15-26/h2-4,7-12,22,28H,5-6,13-18H2,1H3/t22-,24+/m1/s1. The first-order valence-electron chi connectivity index (χ1n) is 10.5. The molecule has 2 saturated heterocycles. The van der Waals surface area contributed by atoms with Crippen molar-refractivity contribution in [2.45, 2.75) is 37.5 Å². The summed E-state index contributed by atoms with van der Waals surface area (Å²) in [5.41, 5.74) is 1.96. The molecule has 0 saturated carbocycles. The van der Waals surface area contributed by atoms with Gasteiger partial charge in [-0.25, -0.2) is 4.79 Å². The molecule has 29 heavy (non-hydrogen) atoms. The molecule has 2 aromatic carbocycles. The third-order valence-electron chi connectivity index (χ3n) is 6.43. The summed E-state index contributed by atoms with van der Waals surface area (Å²) in [7, 11) is 1.40. The van der Waals surface area contributed by atoms with E-state index in [9.17, 15) is 9.90 Å². The number of hydrogen-bond acceptors (Lipinski definition) is 5. The van der Waals surface area contributed by atoms with Crippen molar-refractivity contribution in [2.24, 2.45) is 0 Å². The molecule has 0 bridgehead atoms. The van der Waals surface area contributed by atoms with Gasteiger partial charge in [-0.2, -0.15) is 0 Å². The molecule has 0 spiro atoms. The molecular formula is C24H30N2O3. The second-order valence-corrected chi connectivity index (χ2v) is 8.22. The van der Waals surface area contributed by atoms with Gasteiger partial charge in [-0.05, 0) is 55.6 Å². The molecule has 2 aliphatic heterocycles. The number of nitrogens with zero attached hydrogens (tertiary/aromatic N) is 2. The Balaban J connectivity index is 1.51. The highest BCUT2D eigenvalue weighted by atomic mass is 16.5. The first-order valence-corrected chi connectivity index (χ1v) is 10.5. The highest BCUT2D eigenvalue weighted by molar-refractivity contribution is 5.89. The van der Waals surface area contributed by atoms with Gasteiger partial charge < -0.3 is 9.84 Å². The Labute approximate surface area is 172 Å². The molecule has 1 N–H and O–H groups in total. The van der Waals surface area contributed by atoms with E-state index in [0.717, 1.165) is 44.7 Å². The predicted octanol–water partition coefficient (Wildman–Crippen LogP) is 3.03. The maximum absolute atomic E-state index is 11.8. The Morgan fingerprint density at radius 2 is 1.76 bits per heavy atom. The predicted molar refractivity (Wildman–Crippen MR) is 113 cm³/mol. The molecule has 2 heterocycles. The monoisotopic (exact) mass is 394 g/mol. The Bertz CT molecular complexity index is 818. The summed E-state index contributed by atoms with van der Waals surface area (Å²) < 4.78 is 4.78. The fourth-order valence-electron chi connectivity index (χ4n) is 4.78. The summed E-state index contributed by atoms with van der Waals surface area (Å²) in [4.78, 5) is 16.5. The minimum atomic E-state index is -0.809. The van der Waals surface area contributed by atoms with E-state index in [2.05, 4.69) is 21.9 Å². The van der Waals surface area contributed by atoms with Crippen molar-refractivity contribution >= 4 is 5.97 Å². The normalized spacial score (nSPS) is 25.8. The van der Waals surface area contributed by atoms with Gasteiger partial charge in [0.25, 0.3) is 0 Å². The summed E-state index contributed by atoms with van der Waals surface area (Å²) in [5.74, 6) is -0.309. The minimum Gasteiger partial charge on any atom is -0.465 e. The quantitative estimate of drug-likeness (QED) is 0.790. The number of ether oxygens (including phenoxy) is 1. The Hall–Kier alpha value is -2.21. The SMILES string of the molecule is COC(=O)c1ccc(CN2CC[C@](O)(c3ccccc3)[C@H](N3CCCC3)C2)cc1. The Morgan fingerprint density at radius 1 is 1.07 bits per heavy atom. The number of piperidine rings is 1. The lowest BCUT2D eigenvalue weighted by Crippen LogP contribution is -2.60. The molecule has 0 radical (unpaired) electrons. The number of hydrogen-bond donors (Lipinski definition) is 1. The molecular weight excluding hydrogens is 364 g/mol. The lowest BCUT2D eigenvalue weighted by molar-refractivity contribution is -0.0959. The largest absolute Gasteiger partial charge is 0.465 e. The van der Waals surface area contributed by atoms with Crippen LogP contribution in [-0.4, -0.2) is 60.2 Å². The van der Waals surface area contributed by atoms with Crippen LogP contribution < -0.4 is 0 Å². The summed E-state index contributed by atoms with van der Waals surface area (Å²) in [6.45, 7) is 4.61. The maximum atomic E-state index is 11.8. The van der Waals surface area contributed by atoms with Crippen LogP contribution in [0.5, 0.6) is 0 Å². The van der Waals surface area contributed by atoms with E-state index in [1.165, 1.54) is 25.5 Å². The number of esters is 1. The molecule has 2 fully saturated rings. The Kier molecular flexibility index (Phi) is 5.99. The van der Waals surface area contributed by atoms with E-state index in [1.807, 2.05) is 42.5 Å². The summed E-state index contributed by atoms with van der Waals surface area (Å²) in [6.07, 6.45) is 3.13. The van der Waals surface area contributed by atoms with Crippen LogP contribution in [0.15, 0.2) is 54.6 Å². The Morgan fingerprint density at radius 3 is 2.41 bits per heavy atom. The van der Waals surface area contributed by atoms with Crippen molar-refractivity contribution in [2.75, 3.05) is 33.3 Å². The maximum Gasteiger partial charge on any atom is 0.337 e. The molecule has 0 unspecified atom stereocenters. The average molecular weight is 395 g/mol. The van der Waals surface area contributed by atoms with Crippen LogP contribution in [0.25, 0.3) is 0 Å². The number of likely N-dealkylation sites (tertiary alicyclic amines) is 2. The molecule has 5 heteroatoms. The van der Waals surface area contributed by atoms with E-state index < -0.39 is 5.60 Å².